The third-order valence-corrected chi connectivity index (χ3v) is 5.12. The number of benzene rings is 1. The topological polar surface area (TPSA) is 41.1 Å². The molecular weight excluding hydrogens is 356 g/mol. The van der Waals surface area contributed by atoms with E-state index in [1.165, 1.54) is 56.1 Å². The summed E-state index contributed by atoms with van der Waals surface area (Å²) in [6, 6.07) is 8.31. The highest BCUT2D eigenvalue weighted by atomic mass is 16.1. The molecule has 0 radical (unpaired) electrons. The van der Waals surface area contributed by atoms with Crippen LogP contribution in [0.1, 0.15) is 77.7 Å². The van der Waals surface area contributed by atoms with Crippen molar-refractivity contribution in [2.24, 2.45) is 5.92 Å². The number of unbranched alkanes of at least 4 members (excludes halogenated alkanes) is 5. The summed E-state index contributed by atoms with van der Waals surface area (Å²) >= 11 is 0. The Morgan fingerprint density at radius 1 is 0.931 bits per heavy atom. The molecule has 1 aromatic carbocycles. The van der Waals surface area contributed by atoms with Gasteiger partial charge < -0.3 is 10.6 Å². The number of aryl methyl sites for hydroxylation is 1. The maximum atomic E-state index is 11.7. The largest absolute Gasteiger partial charge is 0.358 e. The zero-order valence-corrected chi connectivity index (χ0v) is 19.0. The number of hydrogen-bond donors (Lipinski definition) is 2. The Balaban J connectivity index is 2.08. The lowest BCUT2D eigenvalue weighted by molar-refractivity contribution is -0.121. The van der Waals surface area contributed by atoms with E-state index in [0.717, 1.165) is 30.9 Å². The van der Waals surface area contributed by atoms with Crippen molar-refractivity contribution in [1.29, 1.82) is 0 Å². The molecule has 0 aliphatic carbocycles. The summed E-state index contributed by atoms with van der Waals surface area (Å²) in [5.41, 5.74) is 4.53. The summed E-state index contributed by atoms with van der Waals surface area (Å²) < 4.78 is 0. The van der Waals surface area contributed by atoms with Gasteiger partial charge >= 0.3 is 0 Å². The van der Waals surface area contributed by atoms with Crippen LogP contribution in [0.3, 0.4) is 0 Å². The maximum Gasteiger partial charge on any atom is 0.135 e. The van der Waals surface area contributed by atoms with Gasteiger partial charge in [0, 0.05) is 30.3 Å². The minimum absolute atomic E-state index is 0.124. The molecular formula is C26H42N2O. The number of carbonyl (C=O) groups excluding carboxylic acids is 1. The van der Waals surface area contributed by atoms with Crippen LogP contribution >= 0.6 is 0 Å². The first-order valence-electron chi connectivity index (χ1n) is 11.3. The monoisotopic (exact) mass is 398 g/mol. The van der Waals surface area contributed by atoms with Crippen molar-refractivity contribution in [2.75, 3.05) is 18.4 Å². The average molecular weight is 399 g/mol. The van der Waals surface area contributed by atoms with E-state index in [0.29, 0.717) is 12.2 Å². The summed E-state index contributed by atoms with van der Waals surface area (Å²) in [6.45, 7) is 15.9. The SMILES string of the molecule is C=C(C)CCCCCCCCNCC(=C)Nc1ccc(CCC(=O)C(C)C)cc1. The van der Waals surface area contributed by atoms with E-state index < -0.39 is 0 Å². The van der Waals surface area contributed by atoms with Gasteiger partial charge in [-0.25, -0.2) is 0 Å². The van der Waals surface area contributed by atoms with Crippen molar-refractivity contribution in [2.45, 2.75) is 78.6 Å². The standard InChI is InChI=1S/C26H42N2O/c1-21(2)12-10-8-6-7-9-11-19-27-20-23(5)28-25-16-13-24(14-17-25)15-18-26(29)22(3)4/h13-14,16-17,22,27-28H,1,5-12,15,18-20H2,2-4H3. The molecule has 1 aromatic rings. The lowest BCUT2D eigenvalue weighted by Crippen LogP contribution is -2.21. The number of anilines is 1. The highest BCUT2D eigenvalue weighted by Gasteiger charge is 2.07. The van der Waals surface area contributed by atoms with Crippen LogP contribution in [0, 0.1) is 5.92 Å². The number of nitrogens with one attached hydrogen (secondary N) is 2. The Morgan fingerprint density at radius 2 is 1.55 bits per heavy atom. The van der Waals surface area contributed by atoms with Crippen molar-refractivity contribution >= 4 is 11.5 Å². The van der Waals surface area contributed by atoms with Crippen molar-refractivity contribution < 1.29 is 4.79 Å². The number of hydrogen-bond acceptors (Lipinski definition) is 3. The highest BCUT2D eigenvalue weighted by Crippen LogP contribution is 2.14. The third-order valence-electron chi connectivity index (χ3n) is 5.12. The van der Waals surface area contributed by atoms with Crippen LogP contribution in [-0.4, -0.2) is 18.9 Å². The summed E-state index contributed by atoms with van der Waals surface area (Å²) in [5.74, 6) is 0.452. The Labute approximate surface area is 179 Å². The van der Waals surface area contributed by atoms with Gasteiger partial charge in [0.2, 0.25) is 0 Å². The fourth-order valence-electron chi connectivity index (χ4n) is 3.18. The van der Waals surface area contributed by atoms with Gasteiger partial charge in [0.05, 0.1) is 0 Å². The van der Waals surface area contributed by atoms with Gasteiger partial charge in [-0.3, -0.25) is 4.79 Å². The highest BCUT2D eigenvalue weighted by molar-refractivity contribution is 5.80. The van der Waals surface area contributed by atoms with Gasteiger partial charge in [0.15, 0.2) is 0 Å². The average Bonchev–Trinajstić information content (AvgIpc) is 2.68. The number of rotatable bonds is 17. The van der Waals surface area contributed by atoms with E-state index in [9.17, 15) is 4.79 Å². The molecule has 0 spiro atoms. The molecule has 2 N–H and O–H groups in total. The summed E-state index contributed by atoms with van der Waals surface area (Å²) in [4.78, 5) is 11.7. The molecule has 0 saturated heterocycles. The van der Waals surface area contributed by atoms with Crippen LogP contribution < -0.4 is 10.6 Å². The van der Waals surface area contributed by atoms with Crippen LogP contribution in [0.15, 0.2) is 48.7 Å². The Bertz CT molecular complexity index is 616. The van der Waals surface area contributed by atoms with Crippen molar-refractivity contribution in [3.63, 3.8) is 0 Å². The fourth-order valence-corrected chi connectivity index (χ4v) is 3.18. The quantitative estimate of drug-likeness (QED) is 0.227. The van der Waals surface area contributed by atoms with E-state index in [4.69, 9.17) is 0 Å². The van der Waals surface area contributed by atoms with Gasteiger partial charge in [-0.15, -0.1) is 6.58 Å². The van der Waals surface area contributed by atoms with E-state index >= 15 is 0 Å². The molecule has 0 amide bonds. The molecule has 0 saturated carbocycles. The molecule has 3 heteroatoms. The summed E-state index contributed by atoms with van der Waals surface area (Å²) in [5, 5.41) is 6.82. The smallest absolute Gasteiger partial charge is 0.135 e. The molecule has 1 rings (SSSR count). The minimum atomic E-state index is 0.124. The zero-order valence-electron chi connectivity index (χ0n) is 19.0. The first-order chi connectivity index (χ1) is 13.9. The molecule has 0 fully saturated rings. The second-order valence-corrected chi connectivity index (χ2v) is 8.55. The van der Waals surface area contributed by atoms with Crippen molar-refractivity contribution in [1.82, 2.24) is 5.32 Å². The Kier molecular flexibility index (Phi) is 13.0. The second-order valence-electron chi connectivity index (χ2n) is 8.55. The van der Waals surface area contributed by atoms with Crippen molar-refractivity contribution in [3.05, 3.63) is 54.3 Å². The third kappa shape index (κ3) is 13.1. The van der Waals surface area contributed by atoms with Crippen LogP contribution in [0.4, 0.5) is 5.69 Å². The lowest BCUT2D eigenvalue weighted by Gasteiger charge is -2.12. The molecule has 0 unspecified atom stereocenters. The van der Waals surface area contributed by atoms with Gasteiger partial charge in [0.1, 0.15) is 5.78 Å². The second kappa shape index (κ2) is 15.0. The number of ketones is 1. The van der Waals surface area contributed by atoms with E-state index in [1.807, 2.05) is 13.8 Å². The van der Waals surface area contributed by atoms with Gasteiger partial charge in [-0.05, 0) is 56.8 Å². The first-order valence-corrected chi connectivity index (χ1v) is 11.3. The zero-order chi connectivity index (χ0) is 21.5. The molecule has 0 bridgehead atoms. The van der Waals surface area contributed by atoms with Gasteiger partial charge in [-0.1, -0.05) is 63.8 Å². The molecule has 0 aliphatic heterocycles. The Hall–Kier alpha value is -1.87. The fraction of sp³-hybridized carbons (Fsp3) is 0.577. The van der Waals surface area contributed by atoms with E-state index in [1.54, 1.807) is 0 Å². The van der Waals surface area contributed by atoms with Crippen LogP contribution in [0.2, 0.25) is 0 Å². The van der Waals surface area contributed by atoms with Crippen LogP contribution in [0.5, 0.6) is 0 Å². The van der Waals surface area contributed by atoms with Crippen LogP contribution in [0.25, 0.3) is 0 Å². The molecule has 3 nitrogen and oxygen atoms in total. The van der Waals surface area contributed by atoms with Crippen LogP contribution in [-0.2, 0) is 11.2 Å². The van der Waals surface area contributed by atoms with Gasteiger partial charge in [0.25, 0.3) is 0 Å². The maximum absolute atomic E-state index is 11.7. The minimum Gasteiger partial charge on any atom is -0.358 e. The molecule has 162 valence electrons. The molecule has 0 aliphatic rings. The Morgan fingerprint density at radius 3 is 2.17 bits per heavy atom. The number of allylic oxidation sites excluding steroid dienone is 1. The van der Waals surface area contributed by atoms with E-state index in [-0.39, 0.29) is 5.92 Å². The van der Waals surface area contributed by atoms with Crippen molar-refractivity contribution in [3.8, 4) is 0 Å². The predicted molar refractivity (Wildman–Crippen MR) is 127 cm³/mol. The molecule has 0 aromatic heterocycles. The molecule has 0 atom stereocenters. The molecule has 29 heavy (non-hydrogen) atoms. The predicted octanol–water partition coefficient (Wildman–Crippen LogP) is 6.67. The van der Waals surface area contributed by atoms with E-state index in [2.05, 4.69) is 55.0 Å². The summed E-state index contributed by atoms with van der Waals surface area (Å²) in [6.07, 6.45) is 10.4. The van der Waals surface area contributed by atoms with Gasteiger partial charge in [-0.2, -0.15) is 0 Å². The number of carbonyl (C=O) groups is 1. The molecule has 0 heterocycles. The normalized spacial score (nSPS) is 10.9. The summed E-state index contributed by atoms with van der Waals surface area (Å²) in [7, 11) is 0. The number of Topliss-reactive ketones (excluding diaryl/α,β-unsaturated/α-hetero) is 1. The first kappa shape index (κ1) is 25.2. The lowest BCUT2D eigenvalue weighted by atomic mass is 10.0.